The second-order valence-corrected chi connectivity index (χ2v) is 4.29. The molecule has 1 amide bonds. The first-order valence-electron chi connectivity index (χ1n) is 5.83. The Labute approximate surface area is 102 Å². The fraction of sp³-hybridized carbons (Fsp3) is 0.462. The fourth-order valence-electron chi connectivity index (χ4n) is 1.69. The third kappa shape index (κ3) is 4.07. The summed E-state index contributed by atoms with van der Waals surface area (Å²) in [5.41, 5.74) is 7.69. The topological polar surface area (TPSA) is 75.4 Å². The monoisotopic (exact) mass is 236 g/mol. The van der Waals surface area contributed by atoms with Gasteiger partial charge in [-0.2, -0.15) is 0 Å². The molecule has 0 saturated heterocycles. The van der Waals surface area contributed by atoms with Crippen LogP contribution in [0.1, 0.15) is 35.7 Å². The van der Waals surface area contributed by atoms with E-state index in [1.165, 1.54) is 0 Å². The Kier molecular flexibility index (Phi) is 4.97. The highest BCUT2D eigenvalue weighted by Gasteiger charge is 2.11. The van der Waals surface area contributed by atoms with E-state index in [2.05, 4.69) is 5.32 Å². The number of rotatable bonds is 5. The molecule has 1 atom stereocenters. The first-order chi connectivity index (χ1) is 8.02. The van der Waals surface area contributed by atoms with E-state index in [9.17, 15) is 4.79 Å². The zero-order chi connectivity index (χ0) is 12.8. The standard InChI is InChI=1S/C13H20N2O2/c1-9-5-3-7-11(14)12(9)13(17)15-8-4-6-10(2)16/h3,5,7,10,16H,4,6,8,14H2,1-2H3,(H,15,17). The average molecular weight is 236 g/mol. The number of carbonyl (C=O) groups is 1. The van der Waals surface area contributed by atoms with E-state index in [0.717, 1.165) is 12.0 Å². The summed E-state index contributed by atoms with van der Waals surface area (Å²) >= 11 is 0. The molecule has 0 heterocycles. The van der Waals surface area contributed by atoms with Gasteiger partial charge < -0.3 is 16.2 Å². The number of nitrogens with two attached hydrogens (primary N) is 1. The van der Waals surface area contributed by atoms with Crippen LogP contribution >= 0.6 is 0 Å². The van der Waals surface area contributed by atoms with E-state index in [-0.39, 0.29) is 12.0 Å². The van der Waals surface area contributed by atoms with Crippen LogP contribution in [0.5, 0.6) is 0 Å². The van der Waals surface area contributed by atoms with Crippen LogP contribution in [0.3, 0.4) is 0 Å². The zero-order valence-corrected chi connectivity index (χ0v) is 10.4. The molecule has 4 heteroatoms. The summed E-state index contributed by atoms with van der Waals surface area (Å²) in [4.78, 5) is 11.9. The maximum Gasteiger partial charge on any atom is 0.253 e. The Morgan fingerprint density at radius 3 is 2.82 bits per heavy atom. The normalized spacial score (nSPS) is 12.2. The quantitative estimate of drug-likeness (QED) is 0.535. The van der Waals surface area contributed by atoms with Crippen molar-refractivity contribution in [2.45, 2.75) is 32.8 Å². The Balaban J connectivity index is 2.53. The van der Waals surface area contributed by atoms with E-state index in [4.69, 9.17) is 10.8 Å². The zero-order valence-electron chi connectivity index (χ0n) is 10.4. The van der Waals surface area contributed by atoms with Gasteiger partial charge in [0.1, 0.15) is 0 Å². The number of nitrogens with one attached hydrogen (secondary N) is 1. The molecule has 0 aliphatic carbocycles. The SMILES string of the molecule is Cc1cccc(N)c1C(=O)NCCCC(C)O. The molecule has 0 aliphatic rings. The third-order valence-electron chi connectivity index (χ3n) is 2.62. The third-order valence-corrected chi connectivity index (χ3v) is 2.62. The van der Waals surface area contributed by atoms with Crippen molar-refractivity contribution in [2.24, 2.45) is 0 Å². The summed E-state index contributed by atoms with van der Waals surface area (Å²) < 4.78 is 0. The highest BCUT2D eigenvalue weighted by Crippen LogP contribution is 2.15. The molecule has 1 aromatic carbocycles. The van der Waals surface area contributed by atoms with Gasteiger partial charge in [0, 0.05) is 12.2 Å². The van der Waals surface area contributed by atoms with Crippen molar-refractivity contribution in [3.63, 3.8) is 0 Å². The van der Waals surface area contributed by atoms with Gasteiger partial charge in [-0.15, -0.1) is 0 Å². The Morgan fingerprint density at radius 2 is 2.24 bits per heavy atom. The second kappa shape index (κ2) is 6.25. The number of carbonyl (C=O) groups excluding carboxylic acids is 1. The van der Waals surface area contributed by atoms with E-state index in [0.29, 0.717) is 24.2 Å². The molecule has 1 aromatic rings. The van der Waals surface area contributed by atoms with E-state index >= 15 is 0 Å². The lowest BCUT2D eigenvalue weighted by atomic mass is 10.1. The number of aryl methyl sites for hydroxylation is 1. The smallest absolute Gasteiger partial charge is 0.253 e. The minimum Gasteiger partial charge on any atom is -0.398 e. The van der Waals surface area contributed by atoms with Gasteiger partial charge in [0.25, 0.3) is 5.91 Å². The van der Waals surface area contributed by atoms with E-state index in [1.807, 2.05) is 19.1 Å². The van der Waals surface area contributed by atoms with E-state index < -0.39 is 0 Å². The van der Waals surface area contributed by atoms with Crippen molar-refractivity contribution in [1.82, 2.24) is 5.32 Å². The minimum atomic E-state index is -0.324. The van der Waals surface area contributed by atoms with Gasteiger partial charge >= 0.3 is 0 Å². The predicted molar refractivity (Wildman–Crippen MR) is 68.8 cm³/mol. The van der Waals surface area contributed by atoms with Crippen molar-refractivity contribution in [2.75, 3.05) is 12.3 Å². The minimum absolute atomic E-state index is 0.147. The van der Waals surface area contributed by atoms with Crippen LogP contribution in [0.4, 0.5) is 5.69 Å². The summed E-state index contributed by atoms with van der Waals surface area (Å²) in [5.74, 6) is -0.147. The molecule has 0 bridgehead atoms. The number of hydrogen-bond donors (Lipinski definition) is 3. The number of hydrogen-bond acceptors (Lipinski definition) is 3. The molecule has 0 fully saturated rings. The van der Waals surface area contributed by atoms with Crippen molar-refractivity contribution in [1.29, 1.82) is 0 Å². The summed E-state index contributed by atoms with van der Waals surface area (Å²) in [6, 6.07) is 5.41. The molecular formula is C13H20N2O2. The highest BCUT2D eigenvalue weighted by molar-refractivity contribution is 6.00. The molecule has 0 aromatic heterocycles. The Morgan fingerprint density at radius 1 is 1.53 bits per heavy atom. The van der Waals surface area contributed by atoms with Gasteiger partial charge in [-0.25, -0.2) is 0 Å². The first kappa shape index (κ1) is 13.5. The lowest BCUT2D eigenvalue weighted by Gasteiger charge is -2.10. The van der Waals surface area contributed by atoms with Crippen molar-refractivity contribution in [3.8, 4) is 0 Å². The van der Waals surface area contributed by atoms with Crippen molar-refractivity contribution in [3.05, 3.63) is 29.3 Å². The second-order valence-electron chi connectivity index (χ2n) is 4.29. The number of nitrogen functional groups attached to an aromatic ring is 1. The van der Waals surface area contributed by atoms with Gasteiger partial charge in [0.05, 0.1) is 11.7 Å². The molecule has 4 nitrogen and oxygen atoms in total. The molecule has 1 unspecified atom stereocenters. The molecule has 0 saturated carbocycles. The molecule has 0 spiro atoms. The number of aliphatic hydroxyl groups excluding tert-OH is 1. The van der Waals surface area contributed by atoms with E-state index in [1.54, 1.807) is 13.0 Å². The van der Waals surface area contributed by atoms with Crippen LogP contribution in [0.15, 0.2) is 18.2 Å². The lowest BCUT2D eigenvalue weighted by molar-refractivity contribution is 0.0950. The molecule has 17 heavy (non-hydrogen) atoms. The fourth-order valence-corrected chi connectivity index (χ4v) is 1.69. The van der Waals surface area contributed by atoms with Crippen LogP contribution < -0.4 is 11.1 Å². The van der Waals surface area contributed by atoms with Crippen LogP contribution in [0.25, 0.3) is 0 Å². The predicted octanol–water partition coefficient (Wildman–Crippen LogP) is 1.47. The van der Waals surface area contributed by atoms with Crippen molar-refractivity contribution < 1.29 is 9.90 Å². The number of amides is 1. The van der Waals surface area contributed by atoms with Gasteiger partial charge in [0.15, 0.2) is 0 Å². The molecule has 4 N–H and O–H groups in total. The van der Waals surface area contributed by atoms with Gasteiger partial charge in [-0.3, -0.25) is 4.79 Å². The highest BCUT2D eigenvalue weighted by atomic mass is 16.3. The van der Waals surface area contributed by atoms with Crippen LogP contribution in [0.2, 0.25) is 0 Å². The number of aliphatic hydroxyl groups is 1. The molecule has 1 rings (SSSR count). The summed E-state index contributed by atoms with van der Waals surface area (Å²) in [6.45, 7) is 4.15. The van der Waals surface area contributed by atoms with Gasteiger partial charge in [-0.05, 0) is 38.3 Å². The first-order valence-corrected chi connectivity index (χ1v) is 5.83. The van der Waals surface area contributed by atoms with Crippen LogP contribution in [-0.4, -0.2) is 23.7 Å². The van der Waals surface area contributed by atoms with Crippen LogP contribution in [-0.2, 0) is 0 Å². The molecule has 0 aliphatic heterocycles. The van der Waals surface area contributed by atoms with Gasteiger partial charge in [-0.1, -0.05) is 12.1 Å². The Bertz CT molecular complexity index is 369. The van der Waals surface area contributed by atoms with Gasteiger partial charge in [0.2, 0.25) is 0 Å². The average Bonchev–Trinajstić information content (AvgIpc) is 2.24. The summed E-state index contributed by atoms with van der Waals surface area (Å²) in [7, 11) is 0. The lowest BCUT2D eigenvalue weighted by Crippen LogP contribution is -2.26. The summed E-state index contributed by atoms with van der Waals surface area (Å²) in [5, 5.41) is 11.9. The molecule has 0 radical (unpaired) electrons. The number of anilines is 1. The largest absolute Gasteiger partial charge is 0.398 e. The maximum absolute atomic E-state index is 11.9. The van der Waals surface area contributed by atoms with Crippen molar-refractivity contribution >= 4 is 11.6 Å². The maximum atomic E-state index is 11.9. The molecular weight excluding hydrogens is 216 g/mol. The van der Waals surface area contributed by atoms with Crippen LogP contribution in [0, 0.1) is 6.92 Å². The Hall–Kier alpha value is -1.55. The number of benzene rings is 1. The molecule has 94 valence electrons. The summed E-state index contributed by atoms with van der Waals surface area (Å²) in [6.07, 6.45) is 1.12.